The molecule has 0 aliphatic heterocycles. The molecule has 2 N–H and O–H groups in total. The smallest absolute Gasteiger partial charge is 0.328 e. The number of rotatable bonds is 5. The van der Waals surface area contributed by atoms with Crippen molar-refractivity contribution in [3.05, 3.63) is 35.9 Å². The van der Waals surface area contributed by atoms with E-state index in [1.807, 2.05) is 44.2 Å². The fourth-order valence-electron chi connectivity index (χ4n) is 2.47. The van der Waals surface area contributed by atoms with Crippen molar-refractivity contribution < 1.29 is 9.90 Å². The summed E-state index contributed by atoms with van der Waals surface area (Å²) in [4.78, 5) is 11.8. The zero-order valence-electron chi connectivity index (χ0n) is 10.3. The highest BCUT2D eigenvalue weighted by atomic mass is 16.4. The number of benzene rings is 1. The lowest BCUT2D eigenvalue weighted by Crippen LogP contribution is -2.53. The van der Waals surface area contributed by atoms with Gasteiger partial charge >= 0.3 is 5.97 Å². The molecule has 3 heteroatoms. The van der Waals surface area contributed by atoms with Crippen LogP contribution < -0.4 is 5.32 Å². The van der Waals surface area contributed by atoms with Gasteiger partial charge in [-0.15, -0.1) is 0 Å². The van der Waals surface area contributed by atoms with Crippen molar-refractivity contribution in [1.82, 2.24) is 5.32 Å². The Balaban J connectivity index is 2.44. The molecular weight excluding hydrogens is 214 g/mol. The van der Waals surface area contributed by atoms with Crippen LogP contribution >= 0.6 is 0 Å². The van der Waals surface area contributed by atoms with E-state index in [2.05, 4.69) is 5.32 Å². The highest BCUT2D eigenvalue weighted by Crippen LogP contribution is 2.46. The van der Waals surface area contributed by atoms with E-state index >= 15 is 0 Å². The molecule has 1 aliphatic carbocycles. The van der Waals surface area contributed by atoms with Crippen LogP contribution in [0.25, 0.3) is 0 Å². The Bertz CT molecular complexity index is 398. The Morgan fingerprint density at radius 1 is 1.35 bits per heavy atom. The summed E-state index contributed by atoms with van der Waals surface area (Å²) < 4.78 is 0. The first-order valence-electron chi connectivity index (χ1n) is 6.14. The first-order valence-corrected chi connectivity index (χ1v) is 6.14. The van der Waals surface area contributed by atoms with Gasteiger partial charge in [0.15, 0.2) is 0 Å². The van der Waals surface area contributed by atoms with E-state index in [0.717, 1.165) is 18.4 Å². The number of hydrogen-bond donors (Lipinski definition) is 2. The second-order valence-corrected chi connectivity index (χ2v) is 5.05. The van der Waals surface area contributed by atoms with Crippen LogP contribution in [0.15, 0.2) is 30.3 Å². The van der Waals surface area contributed by atoms with Crippen LogP contribution in [-0.4, -0.2) is 17.1 Å². The number of aliphatic carboxylic acids is 1. The summed E-state index contributed by atoms with van der Waals surface area (Å²) in [6.07, 6.45) is 1.97. The van der Waals surface area contributed by atoms with Crippen molar-refractivity contribution in [2.24, 2.45) is 5.92 Å². The standard InChI is InChI=1S/C14H19NO2/c1-10(2)15-14(13(16)17,12-8-9-12)11-6-4-3-5-7-11/h3-7,10,12,15H,8-9H2,1-2H3,(H,16,17). The van der Waals surface area contributed by atoms with Gasteiger partial charge < -0.3 is 5.11 Å². The lowest BCUT2D eigenvalue weighted by Gasteiger charge is -2.33. The molecule has 0 saturated heterocycles. The average Bonchev–Trinajstić information content (AvgIpc) is 3.10. The van der Waals surface area contributed by atoms with E-state index in [-0.39, 0.29) is 12.0 Å². The molecule has 1 saturated carbocycles. The van der Waals surface area contributed by atoms with Crippen molar-refractivity contribution in [2.75, 3.05) is 0 Å². The predicted molar refractivity (Wildman–Crippen MR) is 66.8 cm³/mol. The summed E-state index contributed by atoms with van der Waals surface area (Å²) in [5, 5.41) is 12.9. The summed E-state index contributed by atoms with van der Waals surface area (Å²) in [7, 11) is 0. The fraction of sp³-hybridized carbons (Fsp3) is 0.500. The zero-order valence-corrected chi connectivity index (χ0v) is 10.3. The third-order valence-corrected chi connectivity index (χ3v) is 3.27. The molecule has 1 unspecified atom stereocenters. The highest BCUT2D eigenvalue weighted by molar-refractivity contribution is 5.82. The van der Waals surface area contributed by atoms with Gasteiger partial charge in [-0.1, -0.05) is 30.3 Å². The maximum absolute atomic E-state index is 11.8. The fourth-order valence-corrected chi connectivity index (χ4v) is 2.47. The first-order chi connectivity index (χ1) is 8.07. The second kappa shape index (κ2) is 4.49. The normalized spacial score (nSPS) is 19.0. The minimum absolute atomic E-state index is 0.145. The van der Waals surface area contributed by atoms with Gasteiger partial charge in [-0.05, 0) is 38.2 Å². The molecule has 3 nitrogen and oxygen atoms in total. The van der Waals surface area contributed by atoms with Crippen molar-refractivity contribution in [3.8, 4) is 0 Å². The lowest BCUT2D eigenvalue weighted by atomic mass is 9.84. The molecular formula is C14H19NO2. The van der Waals surface area contributed by atoms with E-state index in [9.17, 15) is 9.90 Å². The molecule has 17 heavy (non-hydrogen) atoms. The van der Waals surface area contributed by atoms with Gasteiger partial charge in [0.25, 0.3) is 0 Å². The summed E-state index contributed by atoms with van der Waals surface area (Å²) in [5.41, 5.74) is -0.0428. The largest absolute Gasteiger partial charge is 0.480 e. The Hall–Kier alpha value is -1.35. The van der Waals surface area contributed by atoms with Gasteiger partial charge in [0.1, 0.15) is 5.54 Å². The van der Waals surface area contributed by atoms with Gasteiger partial charge in [-0.3, -0.25) is 5.32 Å². The molecule has 1 aromatic carbocycles. The number of hydrogen-bond acceptors (Lipinski definition) is 2. The molecule has 1 atom stereocenters. The van der Waals surface area contributed by atoms with Crippen LogP contribution in [0, 0.1) is 5.92 Å². The van der Waals surface area contributed by atoms with E-state index in [1.54, 1.807) is 0 Å². The zero-order chi connectivity index (χ0) is 12.5. The highest BCUT2D eigenvalue weighted by Gasteiger charge is 2.52. The van der Waals surface area contributed by atoms with E-state index in [4.69, 9.17) is 0 Å². The molecule has 0 heterocycles. The first kappa shape index (κ1) is 12.1. The lowest BCUT2D eigenvalue weighted by molar-refractivity contribution is -0.147. The SMILES string of the molecule is CC(C)NC(C(=O)O)(c1ccccc1)C1CC1. The van der Waals surface area contributed by atoms with Crippen LogP contribution in [0.5, 0.6) is 0 Å². The molecule has 1 aliphatic rings. The van der Waals surface area contributed by atoms with Crippen LogP contribution in [0.1, 0.15) is 32.3 Å². The Morgan fingerprint density at radius 3 is 2.35 bits per heavy atom. The number of nitrogens with one attached hydrogen (secondary N) is 1. The van der Waals surface area contributed by atoms with Gasteiger partial charge in [0.05, 0.1) is 0 Å². The van der Waals surface area contributed by atoms with Gasteiger partial charge in [0, 0.05) is 6.04 Å². The molecule has 0 radical (unpaired) electrons. The summed E-state index contributed by atoms with van der Waals surface area (Å²) in [5.74, 6) is -0.551. The molecule has 92 valence electrons. The van der Waals surface area contributed by atoms with Gasteiger partial charge in [-0.2, -0.15) is 0 Å². The number of carbonyl (C=O) groups is 1. The molecule has 0 aromatic heterocycles. The summed E-state index contributed by atoms with van der Waals surface area (Å²) in [6.45, 7) is 3.98. The summed E-state index contributed by atoms with van der Waals surface area (Å²) in [6, 6.07) is 9.67. The van der Waals surface area contributed by atoms with E-state index < -0.39 is 11.5 Å². The molecule has 1 fully saturated rings. The Labute approximate surface area is 102 Å². The minimum atomic E-state index is -0.907. The topological polar surface area (TPSA) is 49.3 Å². The Kier molecular flexibility index (Phi) is 3.20. The van der Waals surface area contributed by atoms with E-state index in [0.29, 0.717) is 0 Å². The molecule has 0 spiro atoms. The van der Waals surface area contributed by atoms with Crippen LogP contribution in [0.3, 0.4) is 0 Å². The van der Waals surface area contributed by atoms with Crippen LogP contribution in [0.2, 0.25) is 0 Å². The van der Waals surface area contributed by atoms with Crippen molar-refractivity contribution >= 4 is 5.97 Å². The van der Waals surface area contributed by atoms with Gasteiger partial charge in [0.2, 0.25) is 0 Å². The van der Waals surface area contributed by atoms with Crippen LogP contribution in [-0.2, 0) is 10.3 Å². The third-order valence-electron chi connectivity index (χ3n) is 3.27. The summed E-state index contributed by atoms with van der Waals surface area (Å²) >= 11 is 0. The maximum atomic E-state index is 11.8. The van der Waals surface area contributed by atoms with Gasteiger partial charge in [-0.25, -0.2) is 4.79 Å². The Morgan fingerprint density at radius 2 is 1.94 bits per heavy atom. The molecule has 1 aromatic rings. The quantitative estimate of drug-likeness (QED) is 0.821. The van der Waals surface area contributed by atoms with Crippen molar-refractivity contribution in [3.63, 3.8) is 0 Å². The van der Waals surface area contributed by atoms with Crippen LogP contribution in [0.4, 0.5) is 0 Å². The van der Waals surface area contributed by atoms with Crippen molar-refractivity contribution in [1.29, 1.82) is 0 Å². The monoisotopic (exact) mass is 233 g/mol. The third kappa shape index (κ3) is 2.20. The predicted octanol–water partition coefficient (Wildman–Crippen LogP) is 2.37. The van der Waals surface area contributed by atoms with Crippen molar-refractivity contribution in [2.45, 2.75) is 38.3 Å². The average molecular weight is 233 g/mol. The number of carboxylic acids is 1. The molecule has 0 amide bonds. The number of carboxylic acid groups (broad SMARTS) is 1. The van der Waals surface area contributed by atoms with E-state index in [1.165, 1.54) is 0 Å². The second-order valence-electron chi connectivity index (χ2n) is 5.05. The molecule has 2 rings (SSSR count). The molecule has 0 bridgehead atoms. The maximum Gasteiger partial charge on any atom is 0.328 e. The minimum Gasteiger partial charge on any atom is -0.480 e.